The fraction of sp³-hybridized carbons (Fsp3) is 0.389. The molecule has 0 saturated carbocycles. The number of pyridine rings is 1. The van der Waals surface area contributed by atoms with Crippen LogP contribution in [-0.2, 0) is 6.54 Å². The van der Waals surface area contributed by atoms with Crippen molar-refractivity contribution >= 4 is 0 Å². The minimum Gasteiger partial charge on any atom is -0.395 e. The molecule has 1 heterocycles. The molecule has 0 fully saturated rings. The summed E-state index contributed by atoms with van der Waals surface area (Å²) in [6.07, 6.45) is 2.79. The van der Waals surface area contributed by atoms with Gasteiger partial charge in [0, 0.05) is 24.3 Å². The van der Waals surface area contributed by atoms with Gasteiger partial charge >= 0.3 is 0 Å². The van der Waals surface area contributed by atoms with E-state index in [0.29, 0.717) is 5.92 Å². The van der Waals surface area contributed by atoms with Crippen LogP contribution >= 0.6 is 0 Å². The zero-order valence-electron chi connectivity index (χ0n) is 12.8. The van der Waals surface area contributed by atoms with Gasteiger partial charge in [-0.2, -0.15) is 0 Å². The lowest BCUT2D eigenvalue weighted by Gasteiger charge is -2.18. The molecule has 1 aromatic carbocycles. The fourth-order valence-electron chi connectivity index (χ4n) is 2.43. The first-order valence-electron chi connectivity index (χ1n) is 7.53. The molecule has 2 aromatic rings. The SMILES string of the molecule is CC(C)CC(CO)NCc1cccc(-c2ccccn2)c1. The molecule has 112 valence electrons. The Hall–Kier alpha value is -1.71. The molecule has 0 aliphatic heterocycles. The third-order valence-corrected chi connectivity index (χ3v) is 3.46. The van der Waals surface area contributed by atoms with Crippen molar-refractivity contribution in [3.05, 3.63) is 54.2 Å². The Bertz CT molecular complexity index is 540. The van der Waals surface area contributed by atoms with Crippen molar-refractivity contribution < 1.29 is 5.11 Å². The number of rotatable bonds is 7. The van der Waals surface area contributed by atoms with E-state index in [-0.39, 0.29) is 12.6 Å². The van der Waals surface area contributed by atoms with E-state index in [1.54, 1.807) is 0 Å². The summed E-state index contributed by atoms with van der Waals surface area (Å²) in [7, 11) is 0. The number of nitrogens with one attached hydrogen (secondary N) is 1. The first-order valence-corrected chi connectivity index (χ1v) is 7.53. The minimum absolute atomic E-state index is 0.156. The number of aliphatic hydroxyl groups is 1. The monoisotopic (exact) mass is 284 g/mol. The van der Waals surface area contributed by atoms with Gasteiger partial charge in [-0.25, -0.2) is 0 Å². The molecule has 0 aliphatic carbocycles. The van der Waals surface area contributed by atoms with Crippen LogP contribution in [-0.4, -0.2) is 22.7 Å². The van der Waals surface area contributed by atoms with Crippen LogP contribution in [0.15, 0.2) is 48.7 Å². The zero-order valence-corrected chi connectivity index (χ0v) is 12.8. The number of benzene rings is 1. The van der Waals surface area contributed by atoms with Gasteiger partial charge in [-0.05, 0) is 36.1 Å². The van der Waals surface area contributed by atoms with Gasteiger partial charge in [0.1, 0.15) is 0 Å². The summed E-state index contributed by atoms with van der Waals surface area (Å²) in [5, 5.41) is 12.8. The largest absolute Gasteiger partial charge is 0.395 e. The lowest BCUT2D eigenvalue weighted by molar-refractivity contribution is 0.223. The summed E-state index contributed by atoms with van der Waals surface area (Å²) in [4.78, 5) is 4.38. The summed E-state index contributed by atoms with van der Waals surface area (Å²) in [5.74, 6) is 0.578. The van der Waals surface area contributed by atoms with E-state index in [1.807, 2.05) is 24.4 Å². The van der Waals surface area contributed by atoms with Gasteiger partial charge in [-0.3, -0.25) is 4.98 Å². The Labute approximate surface area is 127 Å². The predicted octanol–water partition coefficient (Wildman–Crippen LogP) is 3.25. The maximum Gasteiger partial charge on any atom is 0.0702 e. The molecule has 2 N–H and O–H groups in total. The molecule has 0 aliphatic rings. The summed E-state index contributed by atoms with van der Waals surface area (Å²) in [5.41, 5.74) is 3.32. The van der Waals surface area contributed by atoms with Crippen LogP contribution in [0.3, 0.4) is 0 Å². The summed E-state index contributed by atoms with van der Waals surface area (Å²) in [6, 6.07) is 14.5. The van der Waals surface area contributed by atoms with E-state index in [9.17, 15) is 5.11 Å². The van der Waals surface area contributed by atoms with E-state index in [2.05, 4.69) is 48.4 Å². The average Bonchev–Trinajstić information content (AvgIpc) is 2.52. The van der Waals surface area contributed by atoms with Crippen molar-refractivity contribution in [3.63, 3.8) is 0 Å². The van der Waals surface area contributed by atoms with Crippen LogP contribution in [0.2, 0.25) is 0 Å². The highest BCUT2D eigenvalue weighted by Gasteiger charge is 2.09. The van der Waals surface area contributed by atoms with Crippen molar-refractivity contribution in [2.24, 2.45) is 5.92 Å². The van der Waals surface area contributed by atoms with E-state index >= 15 is 0 Å². The highest BCUT2D eigenvalue weighted by atomic mass is 16.3. The molecule has 1 unspecified atom stereocenters. The minimum atomic E-state index is 0.156. The van der Waals surface area contributed by atoms with Crippen molar-refractivity contribution in [1.29, 1.82) is 0 Å². The van der Waals surface area contributed by atoms with Crippen molar-refractivity contribution in [1.82, 2.24) is 10.3 Å². The Morgan fingerprint density at radius 3 is 2.67 bits per heavy atom. The van der Waals surface area contributed by atoms with E-state index in [0.717, 1.165) is 24.2 Å². The normalized spacial score (nSPS) is 12.6. The maximum atomic E-state index is 9.41. The second-order valence-electron chi connectivity index (χ2n) is 5.81. The first kappa shape index (κ1) is 15.7. The van der Waals surface area contributed by atoms with Crippen molar-refractivity contribution in [2.75, 3.05) is 6.61 Å². The van der Waals surface area contributed by atoms with E-state index in [1.165, 1.54) is 5.56 Å². The summed E-state index contributed by atoms with van der Waals surface area (Å²) in [6.45, 7) is 5.29. The van der Waals surface area contributed by atoms with Crippen LogP contribution in [0.5, 0.6) is 0 Å². The third-order valence-electron chi connectivity index (χ3n) is 3.46. The Balaban J connectivity index is 2.01. The number of hydrogen-bond acceptors (Lipinski definition) is 3. The van der Waals surface area contributed by atoms with Crippen LogP contribution in [0.4, 0.5) is 0 Å². The van der Waals surface area contributed by atoms with Gasteiger partial charge in [0.2, 0.25) is 0 Å². The number of aliphatic hydroxyl groups excluding tert-OH is 1. The average molecular weight is 284 g/mol. The Kier molecular flexibility index (Phi) is 5.90. The number of aromatic nitrogens is 1. The van der Waals surface area contributed by atoms with Crippen molar-refractivity contribution in [3.8, 4) is 11.3 Å². The van der Waals surface area contributed by atoms with E-state index < -0.39 is 0 Å². The maximum absolute atomic E-state index is 9.41. The lowest BCUT2D eigenvalue weighted by Crippen LogP contribution is -2.33. The number of hydrogen-bond donors (Lipinski definition) is 2. The molecule has 3 heteroatoms. The second kappa shape index (κ2) is 7.91. The molecule has 0 bridgehead atoms. The molecule has 0 saturated heterocycles. The van der Waals surface area contributed by atoms with Gasteiger partial charge in [0.15, 0.2) is 0 Å². The lowest BCUT2D eigenvalue weighted by atomic mass is 10.0. The highest BCUT2D eigenvalue weighted by molar-refractivity contribution is 5.59. The van der Waals surface area contributed by atoms with Gasteiger partial charge in [-0.15, -0.1) is 0 Å². The molecular formula is C18H24N2O. The van der Waals surface area contributed by atoms with Crippen LogP contribution < -0.4 is 5.32 Å². The smallest absolute Gasteiger partial charge is 0.0702 e. The van der Waals surface area contributed by atoms with Gasteiger partial charge in [0.25, 0.3) is 0 Å². The molecule has 3 nitrogen and oxygen atoms in total. The molecule has 0 radical (unpaired) electrons. The van der Waals surface area contributed by atoms with Crippen LogP contribution in [0.1, 0.15) is 25.8 Å². The summed E-state index contributed by atoms with van der Waals surface area (Å²) >= 11 is 0. The molecule has 0 amide bonds. The van der Waals surface area contributed by atoms with Gasteiger partial charge in [0.05, 0.1) is 12.3 Å². The molecule has 0 spiro atoms. The van der Waals surface area contributed by atoms with Crippen LogP contribution in [0, 0.1) is 5.92 Å². The number of nitrogens with zero attached hydrogens (tertiary/aromatic N) is 1. The topological polar surface area (TPSA) is 45.1 Å². The molecule has 21 heavy (non-hydrogen) atoms. The zero-order chi connectivity index (χ0) is 15.1. The molecule has 1 aromatic heterocycles. The molecular weight excluding hydrogens is 260 g/mol. The second-order valence-corrected chi connectivity index (χ2v) is 5.81. The molecule has 2 rings (SSSR count). The predicted molar refractivity (Wildman–Crippen MR) is 86.8 cm³/mol. The standard InChI is InChI=1S/C18H24N2O/c1-14(2)10-17(13-21)20-12-15-6-5-7-16(11-15)18-8-3-4-9-19-18/h3-9,11,14,17,20-21H,10,12-13H2,1-2H3. The van der Waals surface area contributed by atoms with Crippen molar-refractivity contribution in [2.45, 2.75) is 32.9 Å². The van der Waals surface area contributed by atoms with Crippen LogP contribution in [0.25, 0.3) is 11.3 Å². The first-order chi connectivity index (χ1) is 10.2. The van der Waals surface area contributed by atoms with E-state index in [4.69, 9.17) is 0 Å². The summed E-state index contributed by atoms with van der Waals surface area (Å²) < 4.78 is 0. The fourth-order valence-corrected chi connectivity index (χ4v) is 2.43. The Morgan fingerprint density at radius 1 is 1.14 bits per heavy atom. The Morgan fingerprint density at radius 2 is 2.00 bits per heavy atom. The quantitative estimate of drug-likeness (QED) is 0.820. The highest BCUT2D eigenvalue weighted by Crippen LogP contribution is 2.17. The van der Waals surface area contributed by atoms with Gasteiger partial charge < -0.3 is 10.4 Å². The van der Waals surface area contributed by atoms with Gasteiger partial charge in [-0.1, -0.05) is 38.1 Å². The molecule has 1 atom stereocenters. The third kappa shape index (κ3) is 4.96.